The first-order valence-electron chi connectivity index (χ1n) is 7.53. The molecule has 1 atom stereocenters. The Morgan fingerprint density at radius 1 is 1.36 bits per heavy atom. The topological polar surface area (TPSA) is 64.0 Å². The minimum absolute atomic E-state index is 0.0219. The quantitative estimate of drug-likeness (QED) is 0.868. The van der Waals surface area contributed by atoms with Gasteiger partial charge < -0.3 is 4.57 Å². The van der Waals surface area contributed by atoms with Gasteiger partial charge in [-0.15, -0.1) is 0 Å². The highest BCUT2D eigenvalue weighted by Gasteiger charge is 2.37. The third kappa shape index (κ3) is 3.99. The van der Waals surface area contributed by atoms with Gasteiger partial charge in [-0.1, -0.05) is 11.6 Å². The fraction of sp³-hybridized carbons (Fsp3) is 0.400. The molecule has 1 aliphatic heterocycles. The molecule has 25 heavy (non-hydrogen) atoms. The number of fused-ring (bicyclic) bond motifs is 1. The van der Waals surface area contributed by atoms with Crippen LogP contribution in [0.2, 0.25) is 5.02 Å². The first-order chi connectivity index (χ1) is 11.7. The molecule has 2 heterocycles. The number of alkyl halides is 3. The summed E-state index contributed by atoms with van der Waals surface area (Å²) in [5, 5.41) is -0.176. The Hall–Kier alpha value is -1.58. The third-order valence-corrected chi connectivity index (χ3v) is 5.87. The summed E-state index contributed by atoms with van der Waals surface area (Å²) in [7, 11) is -4.31. The maximum atomic E-state index is 13.1. The number of aromatic nitrogens is 2. The number of nitrogens with one attached hydrogen (secondary N) is 1. The van der Waals surface area contributed by atoms with Gasteiger partial charge in [0.05, 0.1) is 10.5 Å². The van der Waals surface area contributed by atoms with Gasteiger partial charge in [-0.25, -0.2) is 18.1 Å². The summed E-state index contributed by atoms with van der Waals surface area (Å²) in [5.41, 5.74) is -1.27. The summed E-state index contributed by atoms with van der Waals surface area (Å²) in [6.45, 7) is 0.756. The Labute approximate surface area is 147 Å². The lowest BCUT2D eigenvalue weighted by molar-refractivity contribution is -0.139. The zero-order valence-electron chi connectivity index (χ0n) is 12.9. The maximum absolute atomic E-state index is 13.1. The second kappa shape index (κ2) is 6.62. The average Bonchev–Trinajstić information content (AvgIpc) is 2.99. The van der Waals surface area contributed by atoms with Crippen LogP contribution < -0.4 is 4.72 Å². The number of hydrogen-bond acceptors (Lipinski definition) is 3. The molecule has 0 aliphatic carbocycles. The van der Waals surface area contributed by atoms with Crippen LogP contribution in [0.3, 0.4) is 0 Å². The fourth-order valence-electron chi connectivity index (χ4n) is 2.85. The van der Waals surface area contributed by atoms with E-state index in [9.17, 15) is 21.6 Å². The van der Waals surface area contributed by atoms with E-state index in [4.69, 9.17) is 11.6 Å². The zero-order valence-corrected chi connectivity index (χ0v) is 14.5. The molecule has 5 nitrogen and oxygen atoms in total. The molecular formula is C15H15ClF3N3O2S. The molecule has 1 aromatic carbocycles. The normalized spacial score (nSPS) is 18.2. The van der Waals surface area contributed by atoms with Crippen molar-refractivity contribution in [2.75, 3.05) is 6.54 Å². The van der Waals surface area contributed by atoms with Crippen molar-refractivity contribution in [1.82, 2.24) is 14.3 Å². The van der Waals surface area contributed by atoms with E-state index in [-0.39, 0.29) is 17.5 Å². The maximum Gasteiger partial charge on any atom is 0.417 e. The first-order valence-corrected chi connectivity index (χ1v) is 9.39. The number of benzene rings is 1. The number of imidazole rings is 1. The molecule has 10 heteroatoms. The van der Waals surface area contributed by atoms with Gasteiger partial charge in [0.2, 0.25) is 10.0 Å². The lowest BCUT2D eigenvalue weighted by atomic mass is 9.98. The summed E-state index contributed by atoms with van der Waals surface area (Å²) in [5.74, 6) is 0.823. The summed E-state index contributed by atoms with van der Waals surface area (Å²) >= 11 is 5.58. The summed E-state index contributed by atoms with van der Waals surface area (Å²) < 4.78 is 68.4. The monoisotopic (exact) mass is 393 g/mol. The van der Waals surface area contributed by atoms with E-state index in [1.807, 2.05) is 10.8 Å². The largest absolute Gasteiger partial charge is 0.417 e. The molecule has 0 radical (unpaired) electrons. The Bertz CT molecular complexity index is 880. The van der Waals surface area contributed by atoms with Crippen LogP contribution >= 0.6 is 11.6 Å². The number of rotatable bonds is 4. The number of hydrogen-bond donors (Lipinski definition) is 1. The highest BCUT2D eigenvalue weighted by atomic mass is 35.5. The van der Waals surface area contributed by atoms with Crippen LogP contribution in [-0.4, -0.2) is 24.5 Å². The Morgan fingerprint density at radius 2 is 2.12 bits per heavy atom. The first kappa shape index (κ1) is 18.2. The molecule has 136 valence electrons. The molecule has 0 amide bonds. The number of sulfonamides is 1. The minimum atomic E-state index is -4.81. The van der Waals surface area contributed by atoms with Crippen molar-refractivity contribution in [3.8, 4) is 0 Å². The van der Waals surface area contributed by atoms with Gasteiger partial charge in [-0.2, -0.15) is 13.2 Å². The van der Waals surface area contributed by atoms with Crippen LogP contribution in [0.15, 0.2) is 35.5 Å². The fourth-order valence-corrected chi connectivity index (χ4v) is 4.35. The lowest BCUT2D eigenvalue weighted by Crippen LogP contribution is -2.34. The molecular weight excluding hydrogens is 379 g/mol. The van der Waals surface area contributed by atoms with E-state index < -0.39 is 26.7 Å². The second-order valence-corrected chi connectivity index (χ2v) is 8.06. The van der Waals surface area contributed by atoms with Crippen molar-refractivity contribution in [2.24, 2.45) is 5.92 Å². The molecule has 2 aromatic rings. The van der Waals surface area contributed by atoms with E-state index in [2.05, 4.69) is 9.71 Å². The molecule has 0 saturated heterocycles. The molecule has 1 aromatic heterocycles. The number of aryl methyl sites for hydroxylation is 1. The standard InChI is InChI=1S/C15H15ClF3N3O2S/c16-11-1-2-13(12(8-11)15(17,18)19)25(23,24)21-9-10-3-5-22-6-4-20-14(22)7-10/h1-2,4,6,8,10,21H,3,5,7,9H2/t10-/m1/s1. The van der Waals surface area contributed by atoms with E-state index >= 15 is 0 Å². The molecule has 1 aliphatic rings. The summed E-state index contributed by atoms with van der Waals surface area (Å²) in [4.78, 5) is 3.37. The van der Waals surface area contributed by atoms with Crippen LogP contribution in [0.5, 0.6) is 0 Å². The van der Waals surface area contributed by atoms with E-state index in [0.717, 1.165) is 24.4 Å². The van der Waals surface area contributed by atoms with Crippen LogP contribution in [0, 0.1) is 5.92 Å². The van der Waals surface area contributed by atoms with Crippen LogP contribution in [0.25, 0.3) is 0 Å². The van der Waals surface area contributed by atoms with Crippen molar-refractivity contribution in [3.05, 3.63) is 47.0 Å². The summed E-state index contributed by atoms with van der Waals surface area (Å²) in [6.07, 6.45) is -0.00426. The molecule has 3 rings (SSSR count). The van der Waals surface area contributed by atoms with Crippen LogP contribution in [0.1, 0.15) is 17.8 Å². The molecule has 0 saturated carbocycles. The van der Waals surface area contributed by atoms with Crippen LogP contribution in [-0.2, 0) is 29.2 Å². The Balaban J connectivity index is 1.77. The van der Waals surface area contributed by atoms with Gasteiger partial charge in [0.15, 0.2) is 0 Å². The van der Waals surface area contributed by atoms with Crippen molar-refractivity contribution < 1.29 is 21.6 Å². The van der Waals surface area contributed by atoms with Gasteiger partial charge in [0.25, 0.3) is 0 Å². The zero-order chi connectivity index (χ0) is 18.2. The van der Waals surface area contributed by atoms with E-state index in [1.165, 1.54) is 0 Å². The lowest BCUT2D eigenvalue weighted by Gasteiger charge is -2.23. The van der Waals surface area contributed by atoms with Gasteiger partial charge in [0.1, 0.15) is 5.82 Å². The summed E-state index contributed by atoms with van der Waals surface area (Å²) in [6, 6.07) is 2.62. The molecule has 0 spiro atoms. The van der Waals surface area contributed by atoms with Crippen molar-refractivity contribution in [1.29, 1.82) is 0 Å². The van der Waals surface area contributed by atoms with E-state index in [1.54, 1.807) is 6.20 Å². The molecule has 0 bridgehead atoms. The highest BCUT2D eigenvalue weighted by molar-refractivity contribution is 7.89. The molecule has 1 N–H and O–H groups in total. The SMILES string of the molecule is O=S(=O)(NC[C@@H]1CCn2ccnc2C1)c1ccc(Cl)cc1C(F)(F)F. The second-order valence-electron chi connectivity index (χ2n) is 5.89. The minimum Gasteiger partial charge on any atom is -0.335 e. The molecule has 0 fully saturated rings. The smallest absolute Gasteiger partial charge is 0.335 e. The highest BCUT2D eigenvalue weighted by Crippen LogP contribution is 2.35. The predicted octanol–water partition coefficient (Wildman–Crippen LogP) is 3.10. The Morgan fingerprint density at radius 3 is 2.84 bits per heavy atom. The van der Waals surface area contributed by atoms with Crippen LogP contribution in [0.4, 0.5) is 13.2 Å². The van der Waals surface area contributed by atoms with E-state index in [0.29, 0.717) is 19.0 Å². The number of nitrogens with zero attached hydrogens (tertiary/aromatic N) is 2. The van der Waals surface area contributed by atoms with Gasteiger partial charge in [0, 0.05) is 36.9 Å². The van der Waals surface area contributed by atoms with Crippen molar-refractivity contribution in [2.45, 2.75) is 30.5 Å². The van der Waals surface area contributed by atoms with Crippen molar-refractivity contribution in [3.63, 3.8) is 0 Å². The van der Waals surface area contributed by atoms with Crippen molar-refractivity contribution >= 4 is 21.6 Å². The van der Waals surface area contributed by atoms with Gasteiger partial charge in [-0.05, 0) is 30.5 Å². The predicted molar refractivity (Wildman–Crippen MR) is 85.7 cm³/mol. The number of halogens is 4. The van der Waals surface area contributed by atoms with Gasteiger partial charge in [-0.3, -0.25) is 0 Å². The average molecular weight is 394 g/mol. The molecule has 0 unspecified atom stereocenters. The Kier molecular flexibility index (Phi) is 4.82. The third-order valence-electron chi connectivity index (χ3n) is 4.15. The van der Waals surface area contributed by atoms with Gasteiger partial charge >= 0.3 is 6.18 Å².